The Morgan fingerprint density at radius 2 is 2.08 bits per heavy atom. The molecule has 2 aromatic heterocycles. The number of amides is 1. The van der Waals surface area contributed by atoms with Crippen molar-refractivity contribution in [1.29, 1.82) is 0 Å². The standard InChI is InChI=1S/C19H21N3O3S/c1-12-3-5-14(6-4-12)15-10-26-18-17(15)19(25)22(11-20-18)8-7-16(24)21-13(2)9-23/h3-6,10-11,13,23H,7-9H2,1-2H3,(H,21,24). The molecule has 0 radical (unpaired) electrons. The molecule has 0 aliphatic rings. The molecule has 0 aliphatic carbocycles. The predicted octanol–water partition coefficient (Wildman–Crippen LogP) is 2.32. The van der Waals surface area contributed by atoms with Crippen LogP contribution in [-0.2, 0) is 11.3 Å². The van der Waals surface area contributed by atoms with Gasteiger partial charge in [-0.25, -0.2) is 4.98 Å². The van der Waals surface area contributed by atoms with Crippen LogP contribution in [0, 0.1) is 6.92 Å². The molecule has 7 heteroatoms. The summed E-state index contributed by atoms with van der Waals surface area (Å²) in [7, 11) is 0. The molecular weight excluding hydrogens is 350 g/mol. The van der Waals surface area contributed by atoms with Crippen molar-refractivity contribution in [2.45, 2.75) is 32.9 Å². The van der Waals surface area contributed by atoms with Gasteiger partial charge in [-0.15, -0.1) is 11.3 Å². The first-order chi connectivity index (χ1) is 12.5. The number of aliphatic hydroxyl groups is 1. The number of fused-ring (bicyclic) bond motifs is 1. The minimum absolute atomic E-state index is 0.117. The molecule has 1 aromatic carbocycles. The molecule has 2 heterocycles. The number of nitrogens with one attached hydrogen (secondary N) is 1. The average molecular weight is 371 g/mol. The van der Waals surface area contributed by atoms with Crippen LogP contribution in [0.5, 0.6) is 0 Å². The van der Waals surface area contributed by atoms with E-state index < -0.39 is 0 Å². The van der Waals surface area contributed by atoms with Gasteiger partial charge in [-0.05, 0) is 19.4 Å². The highest BCUT2D eigenvalue weighted by Crippen LogP contribution is 2.30. The summed E-state index contributed by atoms with van der Waals surface area (Å²) < 4.78 is 1.47. The van der Waals surface area contributed by atoms with Crippen LogP contribution in [0.15, 0.2) is 40.8 Å². The first-order valence-electron chi connectivity index (χ1n) is 8.43. The largest absolute Gasteiger partial charge is 0.394 e. The molecule has 1 amide bonds. The third-order valence-corrected chi connectivity index (χ3v) is 5.07. The van der Waals surface area contributed by atoms with Gasteiger partial charge in [0.1, 0.15) is 4.83 Å². The fourth-order valence-corrected chi connectivity index (χ4v) is 3.59. The van der Waals surface area contributed by atoms with Crippen molar-refractivity contribution < 1.29 is 9.90 Å². The summed E-state index contributed by atoms with van der Waals surface area (Å²) in [5, 5.41) is 14.2. The third kappa shape index (κ3) is 3.84. The Morgan fingerprint density at radius 1 is 1.35 bits per heavy atom. The van der Waals surface area contributed by atoms with Crippen LogP contribution in [0.4, 0.5) is 0 Å². The van der Waals surface area contributed by atoms with Gasteiger partial charge in [0.05, 0.1) is 18.3 Å². The maximum atomic E-state index is 12.9. The van der Waals surface area contributed by atoms with Crippen LogP contribution in [0.2, 0.25) is 0 Å². The number of rotatable bonds is 6. The van der Waals surface area contributed by atoms with E-state index in [-0.39, 0.29) is 37.1 Å². The van der Waals surface area contributed by atoms with Crippen LogP contribution >= 0.6 is 11.3 Å². The van der Waals surface area contributed by atoms with Crippen LogP contribution in [0.1, 0.15) is 18.9 Å². The molecule has 0 aliphatic heterocycles. The van der Waals surface area contributed by atoms with Crippen LogP contribution in [0.3, 0.4) is 0 Å². The smallest absolute Gasteiger partial charge is 0.262 e. The highest BCUT2D eigenvalue weighted by molar-refractivity contribution is 7.17. The SMILES string of the molecule is Cc1ccc(-c2csc3ncn(CCC(=O)NC(C)CO)c(=O)c23)cc1. The molecule has 0 bridgehead atoms. The minimum atomic E-state index is -0.301. The van der Waals surface area contributed by atoms with Crippen molar-refractivity contribution in [3.05, 3.63) is 51.9 Å². The molecule has 6 nitrogen and oxygen atoms in total. The molecule has 0 saturated heterocycles. The van der Waals surface area contributed by atoms with Gasteiger partial charge < -0.3 is 10.4 Å². The summed E-state index contributed by atoms with van der Waals surface area (Å²) in [6.07, 6.45) is 1.64. The molecule has 0 spiro atoms. The fraction of sp³-hybridized carbons (Fsp3) is 0.316. The van der Waals surface area contributed by atoms with Crippen molar-refractivity contribution in [1.82, 2.24) is 14.9 Å². The maximum Gasteiger partial charge on any atom is 0.262 e. The lowest BCUT2D eigenvalue weighted by molar-refractivity contribution is -0.122. The number of nitrogens with zero attached hydrogens (tertiary/aromatic N) is 2. The molecule has 1 atom stereocenters. The van der Waals surface area contributed by atoms with Gasteiger partial charge in [0.25, 0.3) is 5.56 Å². The first kappa shape index (κ1) is 18.3. The summed E-state index contributed by atoms with van der Waals surface area (Å²) in [5.41, 5.74) is 2.87. The van der Waals surface area contributed by atoms with E-state index in [1.165, 1.54) is 22.2 Å². The summed E-state index contributed by atoms with van der Waals surface area (Å²) in [5.74, 6) is -0.206. The number of hydrogen-bond donors (Lipinski definition) is 2. The molecule has 0 saturated carbocycles. The molecule has 3 aromatic rings. The number of aryl methyl sites for hydroxylation is 2. The maximum absolute atomic E-state index is 12.9. The summed E-state index contributed by atoms with van der Waals surface area (Å²) >= 11 is 1.44. The highest BCUT2D eigenvalue weighted by Gasteiger charge is 2.14. The summed E-state index contributed by atoms with van der Waals surface area (Å²) in [6.45, 7) is 3.87. The monoisotopic (exact) mass is 371 g/mol. The zero-order chi connectivity index (χ0) is 18.7. The van der Waals surface area contributed by atoms with E-state index in [0.29, 0.717) is 10.2 Å². The van der Waals surface area contributed by atoms with Crippen molar-refractivity contribution >= 4 is 27.5 Å². The van der Waals surface area contributed by atoms with E-state index in [4.69, 9.17) is 5.11 Å². The number of thiophene rings is 1. The van der Waals surface area contributed by atoms with Gasteiger partial charge in [-0.1, -0.05) is 29.8 Å². The third-order valence-electron chi connectivity index (χ3n) is 4.18. The predicted molar refractivity (Wildman–Crippen MR) is 103 cm³/mol. The van der Waals surface area contributed by atoms with Gasteiger partial charge in [0, 0.05) is 30.0 Å². The molecule has 0 fully saturated rings. The van der Waals surface area contributed by atoms with Gasteiger partial charge in [0.15, 0.2) is 0 Å². The van der Waals surface area contributed by atoms with E-state index in [1.54, 1.807) is 6.92 Å². The van der Waals surface area contributed by atoms with E-state index in [9.17, 15) is 9.59 Å². The Kier molecular flexibility index (Phi) is 5.49. The zero-order valence-electron chi connectivity index (χ0n) is 14.7. The van der Waals surface area contributed by atoms with Crippen LogP contribution in [-0.4, -0.2) is 33.2 Å². The number of carbonyl (C=O) groups excluding carboxylic acids is 1. The Labute approximate surface area is 155 Å². The van der Waals surface area contributed by atoms with Crippen molar-refractivity contribution in [2.24, 2.45) is 0 Å². The van der Waals surface area contributed by atoms with Gasteiger partial charge in [-0.3, -0.25) is 14.2 Å². The molecule has 26 heavy (non-hydrogen) atoms. The van der Waals surface area contributed by atoms with Crippen molar-refractivity contribution in [3.63, 3.8) is 0 Å². The second-order valence-corrected chi connectivity index (χ2v) is 7.20. The van der Waals surface area contributed by atoms with Crippen molar-refractivity contribution in [3.8, 4) is 11.1 Å². The lowest BCUT2D eigenvalue weighted by Gasteiger charge is -2.11. The van der Waals surface area contributed by atoms with Gasteiger partial charge in [0.2, 0.25) is 5.91 Å². The normalized spacial score (nSPS) is 12.3. The minimum Gasteiger partial charge on any atom is -0.394 e. The fourth-order valence-electron chi connectivity index (χ4n) is 2.69. The Balaban J connectivity index is 1.88. The Morgan fingerprint density at radius 3 is 2.77 bits per heavy atom. The zero-order valence-corrected chi connectivity index (χ0v) is 15.5. The lowest BCUT2D eigenvalue weighted by Crippen LogP contribution is -2.36. The Hall–Kier alpha value is -2.51. The van der Waals surface area contributed by atoms with Crippen LogP contribution in [0.25, 0.3) is 21.3 Å². The second-order valence-electron chi connectivity index (χ2n) is 6.34. The Bertz CT molecular complexity index is 976. The van der Waals surface area contributed by atoms with Crippen molar-refractivity contribution in [2.75, 3.05) is 6.61 Å². The van der Waals surface area contributed by atoms with E-state index in [1.807, 2.05) is 36.6 Å². The summed E-state index contributed by atoms with van der Waals surface area (Å²) in [4.78, 5) is 29.8. The van der Waals surface area contributed by atoms with Gasteiger partial charge in [-0.2, -0.15) is 0 Å². The average Bonchev–Trinajstić information content (AvgIpc) is 3.06. The van der Waals surface area contributed by atoms with E-state index in [2.05, 4.69) is 10.3 Å². The topological polar surface area (TPSA) is 84.2 Å². The summed E-state index contributed by atoms with van der Waals surface area (Å²) in [6, 6.07) is 7.72. The number of benzene rings is 1. The molecule has 3 rings (SSSR count). The first-order valence-corrected chi connectivity index (χ1v) is 9.31. The number of carbonyl (C=O) groups is 1. The van der Waals surface area contributed by atoms with E-state index >= 15 is 0 Å². The molecule has 2 N–H and O–H groups in total. The molecule has 1 unspecified atom stereocenters. The second kappa shape index (κ2) is 7.80. The number of aromatic nitrogens is 2. The number of hydrogen-bond acceptors (Lipinski definition) is 5. The van der Waals surface area contributed by atoms with Crippen LogP contribution < -0.4 is 10.9 Å². The quantitative estimate of drug-likeness (QED) is 0.696. The number of aliphatic hydroxyl groups excluding tert-OH is 1. The lowest BCUT2D eigenvalue weighted by atomic mass is 10.1. The molecule has 136 valence electrons. The molecular formula is C19H21N3O3S. The van der Waals surface area contributed by atoms with E-state index in [0.717, 1.165) is 16.7 Å². The highest BCUT2D eigenvalue weighted by atomic mass is 32.1. The van der Waals surface area contributed by atoms with Gasteiger partial charge >= 0.3 is 0 Å².